The van der Waals surface area contributed by atoms with Crippen molar-refractivity contribution in [1.29, 1.82) is 0 Å². The second-order valence-corrected chi connectivity index (χ2v) is 5.53. The molecule has 2 heterocycles. The number of nitrogens with two attached hydrogens (primary N) is 1. The van der Waals surface area contributed by atoms with Gasteiger partial charge in [-0.25, -0.2) is 9.37 Å². The molecular formula is C13H20FN3. The molecule has 4 heteroatoms. The molecule has 0 spiro atoms. The third-order valence-electron chi connectivity index (χ3n) is 3.33. The summed E-state index contributed by atoms with van der Waals surface area (Å²) in [6.07, 6.45) is 3.65. The Morgan fingerprint density at radius 2 is 2.29 bits per heavy atom. The first-order valence-corrected chi connectivity index (χ1v) is 6.11. The van der Waals surface area contributed by atoms with Gasteiger partial charge in [0.15, 0.2) is 0 Å². The molecule has 17 heavy (non-hydrogen) atoms. The molecule has 2 N–H and O–H groups in total. The minimum atomic E-state index is -0.314. The average molecular weight is 237 g/mol. The molecule has 0 radical (unpaired) electrons. The van der Waals surface area contributed by atoms with Crippen molar-refractivity contribution in [2.45, 2.75) is 33.2 Å². The molecule has 0 unspecified atom stereocenters. The lowest BCUT2D eigenvalue weighted by atomic mass is 9.84. The van der Waals surface area contributed by atoms with Crippen LogP contribution in [0.25, 0.3) is 0 Å². The van der Waals surface area contributed by atoms with Gasteiger partial charge in [-0.05, 0) is 24.3 Å². The van der Waals surface area contributed by atoms with E-state index in [0.717, 1.165) is 30.9 Å². The van der Waals surface area contributed by atoms with Gasteiger partial charge in [-0.15, -0.1) is 0 Å². The Labute approximate surface area is 102 Å². The Balaban J connectivity index is 2.27. The van der Waals surface area contributed by atoms with Crippen molar-refractivity contribution in [2.24, 2.45) is 11.1 Å². The van der Waals surface area contributed by atoms with Gasteiger partial charge >= 0.3 is 0 Å². The first kappa shape index (κ1) is 12.3. The van der Waals surface area contributed by atoms with E-state index in [1.165, 1.54) is 18.7 Å². The Morgan fingerprint density at radius 3 is 2.94 bits per heavy atom. The molecule has 2 rings (SSSR count). The number of halogens is 1. The molecule has 1 aromatic rings. The number of piperidine rings is 1. The number of aromatic nitrogens is 1. The third-order valence-corrected chi connectivity index (χ3v) is 3.33. The quantitative estimate of drug-likeness (QED) is 0.858. The van der Waals surface area contributed by atoms with Gasteiger partial charge in [0, 0.05) is 25.2 Å². The van der Waals surface area contributed by atoms with Crippen LogP contribution in [-0.4, -0.2) is 18.1 Å². The van der Waals surface area contributed by atoms with Gasteiger partial charge in [-0.1, -0.05) is 13.8 Å². The van der Waals surface area contributed by atoms with Gasteiger partial charge in [0.1, 0.15) is 11.6 Å². The fourth-order valence-corrected chi connectivity index (χ4v) is 2.51. The van der Waals surface area contributed by atoms with Crippen molar-refractivity contribution in [2.75, 3.05) is 18.0 Å². The lowest BCUT2D eigenvalue weighted by molar-refractivity contribution is 0.291. The fourth-order valence-electron chi connectivity index (χ4n) is 2.51. The van der Waals surface area contributed by atoms with Crippen molar-refractivity contribution < 1.29 is 4.39 Å². The standard InChI is InChI=1S/C13H20FN3/c1-13(2)4-3-5-17(9-13)12-10(7-15)6-11(14)8-16-12/h6,8H,3-5,7,9,15H2,1-2H3. The highest BCUT2D eigenvalue weighted by Crippen LogP contribution is 2.32. The lowest BCUT2D eigenvalue weighted by Gasteiger charge is -2.39. The van der Waals surface area contributed by atoms with E-state index in [0.29, 0.717) is 12.0 Å². The van der Waals surface area contributed by atoms with Crippen LogP contribution in [0.5, 0.6) is 0 Å². The minimum absolute atomic E-state index is 0.292. The Hall–Kier alpha value is -1.16. The van der Waals surface area contributed by atoms with Crippen molar-refractivity contribution in [3.05, 3.63) is 23.6 Å². The van der Waals surface area contributed by atoms with Crippen molar-refractivity contribution in [3.8, 4) is 0 Å². The van der Waals surface area contributed by atoms with Crippen LogP contribution in [0.1, 0.15) is 32.3 Å². The van der Waals surface area contributed by atoms with Gasteiger partial charge in [0.25, 0.3) is 0 Å². The number of nitrogens with zero attached hydrogens (tertiary/aromatic N) is 2. The number of hydrogen-bond acceptors (Lipinski definition) is 3. The van der Waals surface area contributed by atoms with Gasteiger partial charge in [0.2, 0.25) is 0 Å². The van der Waals surface area contributed by atoms with Crippen LogP contribution in [0.15, 0.2) is 12.3 Å². The summed E-state index contributed by atoms with van der Waals surface area (Å²) >= 11 is 0. The average Bonchev–Trinajstić information content (AvgIpc) is 2.27. The molecule has 0 atom stereocenters. The highest BCUT2D eigenvalue weighted by atomic mass is 19.1. The summed E-state index contributed by atoms with van der Waals surface area (Å²) in [5, 5.41) is 0. The second kappa shape index (κ2) is 4.61. The largest absolute Gasteiger partial charge is 0.356 e. The highest BCUT2D eigenvalue weighted by Gasteiger charge is 2.28. The van der Waals surface area contributed by atoms with Crippen LogP contribution in [0.3, 0.4) is 0 Å². The monoisotopic (exact) mass is 237 g/mol. The number of anilines is 1. The fraction of sp³-hybridized carbons (Fsp3) is 0.615. The van der Waals surface area contributed by atoms with Crippen LogP contribution in [0, 0.1) is 11.2 Å². The number of rotatable bonds is 2. The smallest absolute Gasteiger partial charge is 0.141 e. The summed E-state index contributed by atoms with van der Waals surface area (Å²) in [6, 6.07) is 1.49. The molecule has 1 aromatic heterocycles. The molecule has 0 amide bonds. The zero-order chi connectivity index (χ0) is 12.5. The van der Waals surface area contributed by atoms with E-state index in [9.17, 15) is 4.39 Å². The van der Waals surface area contributed by atoms with E-state index in [-0.39, 0.29) is 5.82 Å². The molecule has 1 saturated heterocycles. The topological polar surface area (TPSA) is 42.2 Å². The highest BCUT2D eigenvalue weighted by molar-refractivity contribution is 5.47. The minimum Gasteiger partial charge on any atom is -0.356 e. The zero-order valence-electron chi connectivity index (χ0n) is 10.5. The summed E-state index contributed by atoms with van der Waals surface area (Å²) in [4.78, 5) is 6.44. The van der Waals surface area contributed by atoms with Crippen molar-refractivity contribution >= 4 is 5.82 Å². The summed E-state index contributed by atoms with van der Waals surface area (Å²) in [7, 11) is 0. The molecule has 1 fully saturated rings. The predicted molar refractivity (Wildman–Crippen MR) is 67.3 cm³/mol. The summed E-state index contributed by atoms with van der Waals surface area (Å²) in [5.41, 5.74) is 6.75. The van der Waals surface area contributed by atoms with Gasteiger partial charge in [-0.3, -0.25) is 0 Å². The first-order chi connectivity index (χ1) is 8.02. The SMILES string of the molecule is CC1(C)CCCN(c2ncc(F)cc2CN)C1. The maximum absolute atomic E-state index is 13.1. The summed E-state index contributed by atoms with van der Waals surface area (Å²) in [5.74, 6) is 0.534. The van der Waals surface area contributed by atoms with Crippen molar-refractivity contribution in [3.63, 3.8) is 0 Å². The van der Waals surface area contributed by atoms with Gasteiger partial charge < -0.3 is 10.6 Å². The third kappa shape index (κ3) is 2.75. The van der Waals surface area contributed by atoms with E-state index < -0.39 is 0 Å². The normalized spacial score (nSPS) is 19.4. The van der Waals surface area contributed by atoms with E-state index in [1.54, 1.807) is 0 Å². The maximum Gasteiger partial charge on any atom is 0.141 e. The van der Waals surface area contributed by atoms with E-state index in [2.05, 4.69) is 23.7 Å². The molecule has 3 nitrogen and oxygen atoms in total. The van der Waals surface area contributed by atoms with Crippen LogP contribution in [0.4, 0.5) is 10.2 Å². The number of hydrogen-bond donors (Lipinski definition) is 1. The van der Waals surface area contributed by atoms with E-state index in [1.807, 2.05) is 0 Å². The summed E-state index contributed by atoms with van der Waals surface area (Å²) < 4.78 is 13.1. The maximum atomic E-state index is 13.1. The van der Waals surface area contributed by atoms with Crippen LogP contribution >= 0.6 is 0 Å². The molecule has 0 aliphatic carbocycles. The molecule has 0 saturated carbocycles. The molecule has 1 aliphatic rings. The van der Waals surface area contributed by atoms with E-state index in [4.69, 9.17) is 5.73 Å². The Morgan fingerprint density at radius 1 is 1.53 bits per heavy atom. The second-order valence-electron chi connectivity index (χ2n) is 5.53. The van der Waals surface area contributed by atoms with Crippen LogP contribution in [-0.2, 0) is 6.54 Å². The number of pyridine rings is 1. The molecule has 94 valence electrons. The van der Waals surface area contributed by atoms with Crippen molar-refractivity contribution in [1.82, 2.24) is 4.98 Å². The molecule has 0 aromatic carbocycles. The lowest BCUT2D eigenvalue weighted by Crippen LogP contribution is -2.41. The first-order valence-electron chi connectivity index (χ1n) is 6.11. The molecule has 1 aliphatic heterocycles. The van der Waals surface area contributed by atoms with Gasteiger partial charge in [0.05, 0.1) is 6.20 Å². The van der Waals surface area contributed by atoms with Gasteiger partial charge in [-0.2, -0.15) is 0 Å². The predicted octanol–water partition coefficient (Wildman–Crippen LogP) is 2.31. The molecule has 0 bridgehead atoms. The Bertz CT molecular complexity index is 404. The molecular weight excluding hydrogens is 217 g/mol. The van der Waals surface area contributed by atoms with Crippen LogP contribution < -0.4 is 10.6 Å². The zero-order valence-corrected chi connectivity index (χ0v) is 10.5. The van der Waals surface area contributed by atoms with E-state index >= 15 is 0 Å². The Kier molecular flexibility index (Phi) is 3.33. The van der Waals surface area contributed by atoms with Crippen LogP contribution in [0.2, 0.25) is 0 Å². The summed E-state index contributed by atoms with van der Waals surface area (Å²) in [6.45, 7) is 6.78.